The van der Waals surface area contributed by atoms with Gasteiger partial charge < -0.3 is 29.6 Å². The second-order valence-electron chi connectivity index (χ2n) is 8.51. The molecule has 2 aromatic rings. The topological polar surface area (TPSA) is 108 Å². The van der Waals surface area contributed by atoms with Crippen LogP contribution in [0.2, 0.25) is 10.0 Å². The van der Waals surface area contributed by atoms with Crippen LogP contribution in [0.5, 0.6) is 0 Å². The first-order valence-electron chi connectivity index (χ1n) is 12.5. The highest BCUT2D eigenvalue weighted by Gasteiger charge is 2.40. The Morgan fingerprint density at radius 1 is 1.03 bits per heavy atom. The van der Waals surface area contributed by atoms with Crippen molar-refractivity contribution in [2.75, 3.05) is 46.7 Å². The van der Waals surface area contributed by atoms with Crippen LogP contribution in [-0.4, -0.2) is 63.6 Å². The molecular formula is C28H33Cl2N3O6. The number of methoxy groups -OCH3 is 1. The van der Waals surface area contributed by atoms with Crippen LogP contribution in [0.4, 0.5) is 0 Å². The van der Waals surface area contributed by atoms with Crippen molar-refractivity contribution in [3.63, 3.8) is 0 Å². The molecule has 1 atom stereocenters. The average Bonchev–Trinajstić information content (AvgIpc) is 2.93. The monoisotopic (exact) mass is 577 g/mol. The number of halogens is 2. The van der Waals surface area contributed by atoms with E-state index in [1.807, 2.05) is 18.2 Å². The molecule has 1 unspecified atom stereocenters. The zero-order valence-electron chi connectivity index (χ0n) is 22.2. The lowest BCUT2D eigenvalue weighted by Gasteiger charge is -2.31. The number of nitrogens with zero attached hydrogens (tertiary/aromatic N) is 1. The molecule has 3 rings (SSSR count). The Morgan fingerprint density at radius 3 is 2.54 bits per heavy atom. The van der Waals surface area contributed by atoms with E-state index >= 15 is 0 Å². The molecule has 1 aromatic carbocycles. The maximum absolute atomic E-state index is 13.2. The highest BCUT2D eigenvalue weighted by atomic mass is 35.5. The summed E-state index contributed by atoms with van der Waals surface area (Å²) in [5.41, 5.74) is 2.83. The molecule has 0 spiro atoms. The lowest BCUT2D eigenvalue weighted by atomic mass is 9.80. The predicted molar refractivity (Wildman–Crippen MR) is 148 cm³/mol. The van der Waals surface area contributed by atoms with Gasteiger partial charge in [-0.25, -0.2) is 9.59 Å². The third-order valence-electron chi connectivity index (χ3n) is 5.91. The van der Waals surface area contributed by atoms with Crippen LogP contribution in [0.1, 0.15) is 31.0 Å². The second-order valence-corrected chi connectivity index (χ2v) is 9.29. The smallest absolute Gasteiger partial charge is 0.336 e. The number of ether oxygens (including phenoxy) is 4. The van der Waals surface area contributed by atoms with Gasteiger partial charge in [0.15, 0.2) is 0 Å². The van der Waals surface area contributed by atoms with Gasteiger partial charge in [-0.3, -0.25) is 4.98 Å². The van der Waals surface area contributed by atoms with Crippen LogP contribution >= 0.6 is 23.2 Å². The fourth-order valence-electron chi connectivity index (χ4n) is 4.15. The maximum Gasteiger partial charge on any atom is 0.336 e. The summed E-state index contributed by atoms with van der Waals surface area (Å²) in [4.78, 5) is 30.3. The molecule has 11 heteroatoms. The zero-order valence-corrected chi connectivity index (χ0v) is 23.7. The van der Waals surface area contributed by atoms with Gasteiger partial charge in [-0.05, 0) is 37.6 Å². The second kappa shape index (κ2) is 15.6. The number of pyridine rings is 1. The van der Waals surface area contributed by atoms with E-state index in [0.29, 0.717) is 48.3 Å². The number of hydrogen-bond acceptors (Lipinski definition) is 9. The normalized spacial score (nSPS) is 15.3. The van der Waals surface area contributed by atoms with E-state index in [1.54, 1.807) is 38.2 Å². The van der Waals surface area contributed by atoms with Crippen molar-refractivity contribution in [2.45, 2.75) is 26.3 Å². The van der Waals surface area contributed by atoms with Gasteiger partial charge in [0.05, 0.1) is 78.6 Å². The first-order valence-corrected chi connectivity index (χ1v) is 13.3. The maximum atomic E-state index is 13.2. The van der Waals surface area contributed by atoms with Crippen LogP contribution in [0.3, 0.4) is 0 Å². The number of hydrogen-bond donors (Lipinski definition) is 2. The average molecular weight is 578 g/mol. The molecule has 0 fully saturated rings. The molecule has 1 aromatic heterocycles. The Bertz CT molecular complexity index is 1200. The minimum absolute atomic E-state index is 0.0515. The highest BCUT2D eigenvalue weighted by molar-refractivity contribution is 6.42. The molecular weight excluding hydrogens is 545 g/mol. The number of aromatic nitrogens is 1. The summed E-state index contributed by atoms with van der Waals surface area (Å²) in [6, 6.07) is 10.8. The van der Waals surface area contributed by atoms with E-state index in [2.05, 4.69) is 15.6 Å². The van der Waals surface area contributed by atoms with Crippen molar-refractivity contribution in [3.05, 3.63) is 86.4 Å². The van der Waals surface area contributed by atoms with E-state index < -0.39 is 17.9 Å². The molecule has 0 bridgehead atoms. The first kappa shape index (κ1) is 30.6. The van der Waals surface area contributed by atoms with Gasteiger partial charge in [0, 0.05) is 25.0 Å². The summed E-state index contributed by atoms with van der Waals surface area (Å²) >= 11 is 12.8. The van der Waals surface area contributed by atoms with Gasteiger partial charge >= 0.3 is 11.9 Å². The SMILES string of the molecule is CCOC(=O)C1=C(COCCOCCNCc2ccccn2)NC(C)=C(C(=O)OC)C1c1cccc(Cl)c1Cl. The van der Waals surface area contributed by atoms with Crippen molar-refractivity contribution in [2.24, 2.45) is 0 Å². The van der Waals surface area contributed by atoms with Crippen LogP contribution < -0.4 is 10.6 Å². The van der Waals surface area contributed by atoms with Crippen molar-refractivity contribution in [1.29, 1.82) is 0 Å². The number of dihydropyridines is 1. The molecule has 1 aliphatic heterocycles. The third-order valence-corrected chi connectivity index (χ3v) is 6.75. The van der Waals surface area contributed by atoms with Gasteiger partial charge in [-0.15, -0.1) is 0 Å². The molecule has 0 saturated heterocycles. The van der Waals surface area contributed by atoms with Crippen molar-refractivity contribution in [1.82, 2.24) is 15.6 Å². The van der Waals surface area contributed by atoms with Crippen molar-refractivity contribution < 1.29 is 28.5 Å². The minimum atomic E-state index is -0.871. The summed E-state index contributed by atoms with van der Waals surface area (Å²) in [6.07, 6.45) is 1.76. The molecule has 1 aliphatic rings. The summed E-state index contributed by atoms with van der Waals surface area (Å²) in [6.45, 7) is 6.10. The quantitative estimate of drug-likeness (QED) is 0.252. The van der Waals surface area contributed by atoms with Crippen LogP contribution in [0, 0.1) is 0 Å². The fraction of sp³-hybridized carbons (Fsp3) is 0.393. The minimum Gasteiger partial charge on any atom is -0.466 e. The van der Waals surface area contributed by atoms with Gasteiger partial charge in [0.2, 0.25) is 0 Å². The van der Waals surface area contributed by atoms with E-state index in [0.717, 1.165) is 5.69 Å². The third kappa shape index (κ3) is 8.27. The number of nitrogens with one attached hydrogen (secondary N) is 2. The first-order chi connectivity index (χ1) is 18.9. The van der Waals surface area contributed by atoms with Crippen LogP contribution in [-0.2, 0) is 35.1 Å². The zero-order chi connectivity index (χ0) is 28.2. The molecule has 0 radical (unpaired) electrons. The Labute approximate surface area is 238 Å². The van der Waals surface area contributed by atoms with Gasteiger partial charge in [0.25, 0.3) is 0 Å². The van der Waals surface area contributed by atoms with E-state index in [-0.39, 0.29) is 36.0 Å². The molecule has 2 N–H and O–H groups in total. The Morgan fingerprint density at radius 2 is 1.82 bits per heavy atom. The van der Waals surface area contributed by atoms with Crippen molar-refractivity contribution in [3.8, 4) is 0 Å². The number of carbonyl (C=O) groups is 2. The molecule has 210 valence electrons. The standard InChI is InChI=1S/C28H33Cl2N3O6/c1-4-39-28(35)25-22(17-38-15-14-37-13-12-31-16-19-8-5-6-11-32-19)33-18(2)23(27(34)36-3)24(25)20-9-7-10-21(29)26(20)30/h5-11,24,31,33H,4,12-17H2,1-3H3. The number of allylic oxidation sites excluding steroid dienone is 1. The largest absolute Gasteiger partial charge is 0.466 e. The molecule has 2 heterocycles. The number of esters is 2. The number of rotatable bonds is 14. The van der Waals surface area contributed by atoms with Crippen LogP contribution in [0.25, 0.3) is 0 Å². The highest BCUT2D eigenvalue weighted by Crippen LogP contribution is 2.43. The summed E-state index contributed by atoms with van der Waals surface area (Å²) < 4.78 is 21.9. The van der Waals surface area contributed by atoms with Gasteiger partial charge in [-0.1, -0.05) is 41.4 Å². The molecule has 39 heavy (non-hydrogen) atoms. The number of carbonyl (C=O) groups excluding carboxylic acids is 2. The van der Waals surface area contributed by atoms with Crippen molar-refractivity contribution >= 4 is 35.1 Å². The predicted octanol–water partition coefficient (Wildman–Crippen LogP) is 4.16. The van der Waals surface area contributed by atoms with E-state index in [9.17, 15) is 9.59 Å². The molecule has 0 aliphatic carbocycles. The van der Waals surface area contributed by atoms with E-state index in [1.165, 1.54) is 7.11 Å². The molecule has 9 nitrogen and oxygen atoms in total. The molecule has 0 saturated carbocycles. The van der Waals surface area contributed by atoms with E-state index in [4.69, 9.17) is 42.1 Å². The van der Waals surface area contributed by atoms with Gasteiger partial charge in [-0.2, -0.15) is 0 Å². The van der Waals surface area contributed by atoms with Gasteiger partial charge in [0.1, 0.15) is 0 Å². The Hall–Kier alpha value is -2.95. The summed E-state index contributed by atoms with van der Waals surface area (Å²) in [5, 5.41) is 6.93. The summed E-state index contributed by atoms with van der Waals surface area (Å²) in [7, 11) is 1.28. The molecule has 0 amide bonds. The summed E-state index contributed by atoms with van der Waals surface area (Å²) in [5.74, 6) is -2.08. The lowest BCUT2D eigenvalue weighted by Crippen LogP contribution is -2.35. The Kier molecular flexibility index (Phi) is 12.2. The lowest BCUT2D eigenvalue weighted by molar-refractivity contribution is -0.139. The fourth-order valence-corrected chi connectivity index (χ4v) is 4.57. The number of benzene rings is 1. The van der Waals surface area contributed by atoms with Crippen LogP contribution in [0.15, 0.2) is 65.1 Å². The Balaban J connectivity index is 1.69.